The minimum absolute atomic E-state index is 0.771. The van der Waals surface area contributed by atoms with Gasteiger partial charge in [-0.1, -0.05) is 188 Å². The predicted octanol–water partition coefficient (Wildman–Crippen LogP) is 16.0. The van der Waals surface area contributed by atoms with E-state index in [0.717, 1.165) is 52.2 Å². The zero-order valence-electron chi connectivity index (χ0n) is 34.0. The second kappa shape index (κ2) is 16.9. The number of hydrogen-bond acceptors (Lipinski definition) is 2. The number of para-hydroxylation sites is 1. The van der Waals surface area contributed by atoms with Crippen molar-refractivity contribution in [3.63, 3.8) is 0 Å². The quantitative estimate of drug-likeness (QED) is 0.137. The highest BCUT2D eigenvalue weighted by molar-refractivity contribution is 6.14. The molecule has 0 atom stereocenters. The van der Waals surface area contributed by atoms with Crippen LogP contribution in [0.2, 0.25) is 0 Å². The Labute approximate surface area is 359 Å². The van der Waals surface area contributed by atoms with Crippen molar-refractivity contribution < 1.29 is 0 Å². The van der Waals surface area contributed by atoms with Gasteiger partial charge in [0.2, 0.25) is 0 Å². The van der Waals surface area contributed by atoms with Crippen LogP contribution in [0, 0.1) is 0 Å². The molecule has 0 saturated carbocycles. The van der Waals surface area contributed by atoms with Crippen LogP contribution in [0.1, 0.15) is 36.0 Å². The minimum Gasteiger partial charge on any atom is -0.264 e. The Morgan fingerprint density at radius 1 is 0.426 bits per heavy atom. The average molecular weight is 781 g/mol. The molecule has 0 amide bonds. The second-order valence-electron chi connectivity index (χ2n) is 15.6. The lowest BCUT2D eigenvalue weighted by Crippen LogP contribution is -1.99. The van der Waals surface area contributed by atoms with E-state index < -0.39 is 0 Å². The molecule has 8 aromatic rings. The number of hydrogen-bond donors (Lipinski definition) is 0. The highest BCUT2D eigenvalue weighted by atomic mass is 14.8. The lowest BCUT2D eigenvalue weighted by Gasteiger charge is -2.23. The first-order valence-corrected chi connectivity index (χ1v) is 21.1. The summed E-state index contributed by atoms with van der Waals surface area (Å²) in [5, 5.41) is 0. The van der Waals surface area contributed by atoms with Crippen molar-refractivity contribution >= 4 is 29.4 Å². The van der Waals surface area contributed by atoms with Crippen molar-refractivity contribution in [1.82, 2.24) is 0 Å². The molecule has 0 spiro atoms. The molecule has 0 aromatic heterocycles. The number of benzene rings is 8. The smallest absolute Gasteiger partial charge is 0.0731 e. The summed E-state index contributed by atoms with van der Waals surface area (Å²) < 4.78 is 0. The van der Waals surface area contributed by atoms with Gasteiger partial charge >= 0.3 is 0 Å². The van der Waals surface area contributed by atoms with E-state index in [0.29, 0.717) is 0 Å². The van der Waals surface area contributed by atoms with E-state index in [-0.39, 0.29) is 0 Å². The fourth-order valence-corrected chi connectivity index (χ4v) is 8.74. The van der Waals surface area contributed by atoms with Crippen LogP contribution in [0.25, 0.3) is 78.0 Å². The van der Waals surface area contributed by atoms with E-state index in [1.807, 2.05) is 30.3 Å². The number of fused-ring (bicyclic) bond motifs is 8. The van der Waals surface area contributed by atoms with E-state index in [1.165, 1.54) is 73.2 Å². The molecule has 2 aliphatic carbocycles. The molecule has 0 aliphatic heterocycles. The summed E-state index contributed by atoms with van der Waals surface area (Å²) in [4.78, 5) is 9.67. The van der Waals surface area contributed by atoms with Crippen LogP contribution in [0.3, 0.4) is 0 Å². The van der Waals surface area contributed by atoms with Crippen molar-refractivity contribution in [3.05, 3.63) is 235 Å². The zero-order chi connectivity index (χ0) is 41.0. The summed E-state index contributed by atoms with van der Waals surface area (Å²) in [5.74, 6) is 0. The third kappa shape index (κ3) is 7.68. The summed E-state index contributed by atoms with van der Waals surface area (Å²) in [6.45, 7) is 3.98. The summed E-state index contributed by atoms with van der Waals surface area (Å²) in [5.41, 5.74) is 21.5. The molecule has 290 valence electrons. The first kappa shape index (κ1) is 37.6. The Bertz CT molecular complexity index is 3030. The van der Waals surface area contributed by atoms with Crippen LogP contribution >= 0.6 is 0 Å². The molecule has 2 aliphatic rings. The zero-order valence-corrected chi connectivity index (χ0v) is 34.0. The maximum atomic E-state index is 5.16. The van der Waals surface area contributed by atoms with Crippen molar-refractivity contribution in [2.45, 2.75) is 19.3 Å². The molecule has 2 nitrogen and oxygen atoms in total. The second-order valence-corrected chi connectivity index (χ2v) is 15.6. The summed E-state index contributed by atoms with van der Waals surface area (Å²) in [7, 11) is 0. The molecule has 0 bridgehead atoms. The summed E-state index contributed by atoms with van der Waals surface area (Å²) in [6, 6.07) is 69.7. The Balaban J connectivity index is 0.991. The van der Waals surface area contributed by atoms with E-state index in [1.54, 1.807) is 0 Å². The van der Waals surface area contributed by atoms with Gasteiger partial charge in [0.05, 0.1) is 17.1 Å². The first-order valence-electron chi connectivity index (χ1n) is 21.1. The van der Waals surface area contributed by atoms with Gasteiger partial charge in [0, 0.05) is 11.1 Å². The van der Waals surface area contributed by atoms with Crippen LogP contribution in [0.15, 0.2) is 228 Å². The fraction of sp³-hybridized carbons (Fsp3) is 0.0508. The maximum Gasteiger partial charge on any atom is 0.0731 e. The lowest BCUT2D eigenvalue weighted by molar-refractivity contribution is 0.876. The predicted molar refractivity (Wildman–Crippen MR) is 260 cm³/mol. The van der Waals surface area contributed by atoms with Gasteiger partial charge in [-0.25, -0.2) is 4.99 Å². The van der Waals surface area contributed by atoms with Gasteiger partial charge in [0.15, 0.2) is 0 Å². The monoisotopic (exact) mass is 780 g/mol. The normalized spacial score (nSPS) is 13.3. The number of nitrogens with zero attached hydrogens (tertiary/aromatic N) is 2. The molecule has 0 saturated heterocycles. The van der Waals surface area contributed by atoms with Crippen LogP contribution in [-0.2, 0) is 0 Å². The molecule has 0 N–H and O–H groups in total. The highest BCUT2D eigenvalue weighted by Crippen LogP contribution is 2.48. The lowest BCUT2D eigenvalue weighted by atomic mass is 9.80. The highest BCUT2D eigenvalue weighted by Gasteiger charge is 2.22. The Morgan fingerprint density at radius 3 is 1.56 bits per heavy atom. The Kier molecular flexibility index (Phi) is 10.4. The molecule has 0 heterocycles. The fourth-order valence-electron chi connectivity index (χ4n) is 8.74. The third-order valence-corrected chi connectivity index (χ3v) is 11.9. The Morgan fingerprint density at radius 2 is 0.951 bits per heavy atom. The SMILES string of the molecule is C=N/C(=C\C(=N/c1ccccc1)c1cccc(-c2ccc(-c3ccc4c(c3)-c3ccccc3-c3ccccc3-c3ccccc3-4)cc2)c1)c1ccc(C2=CCCCC=C2)cc1. The molecule has 8 aromatic carbocycles. The van der Waals surface area contributed by atoms with E-state index in [9.17, 15) is 0 Å². The average Bonchev–Trinajstić information content (AvgIpc) is 3.63. The third-order valence-electron chi connectivity index (χ3n) is 11.9. The van der Waals surface area contributed by atoms with Gasteiger partial charge in [-0.2, -0.15) is 0 Å². The van der Waals surface area contributed by atoms with Gasteiger partial charge in [0.25, 0.3) is 0 Å². The van der Waals surface area contributed by atoms with Gasteiger partial charge in [-0.15, -0.1) is 0 Å². The topological polar surface area (TPSA) is 24.7 Å². The van der Waals surface area contributed by atoms with E-state index in [2.05, 4.69) is 200 Å². The van der Waals surface area contributed by atoms with Gasteiger partial charge in [-0.05, 0) is 134 Å². The molecular weight excluding hydrogens is 737 g/mol. The molecule has 0 radical (unpaired) electrons. The van der Waals surface area contributed by atoms with Crippen LogP contribution in [-0.4, -0.2) is 12.4 Å². The number of rotatable bonds is 8. The number of allylic oxidation sites excluding steroid dienone is 5. The van der Waals surface area contributed by atoms with Gasteiger partial charge < -0.3 is 0 Å². The molecule has 61 heavy (non-hydrogen) atoms. The molecular formula is C59H44N2. The van der Waals surface area contributed by atoms with E-state index in [4.69, 9.17) is 4.99 Å². The molecule has 0 fully saturated rings. The number of aliphatic imine (C=N–C) groups is 2. The van der Waals surface area contributed by atoms with Crippen LogP contribution < -0.4 is 0 Å². The van der Waals surface area contributed by atoms with Crippen LogP contribution in [0.4, 0.5) is 5.69 Å². The molecule has 2 heteroatoms. The Hall–Kier alpha value is -7.68. The minimum atomic E-state index is 0.771. The maximum absolute atomic E-state index is 5.16. The first-order chi connectivity index (χ1) is 30.2. The standard InChI is InChI=1S/C59H44N2/c1-60-58(45-34-32-42(33-35-45)41-16-5-2-3-6-17-41)40-59(61-49-20-7-4-8-21-49)48-19-15-18-46(38-48)43-28-30-44(31-29-43)47-36-37-56-54-26-12-11-24-52(54)50-22-9-10-23-51(50)53-25-13-14-27-55(53)57(56)39-47/h4-5,7-40H,1-3,6H2/b52-50?,53-51?,56-54?,57-55?,58-40-,61-59+. The van der Waals surface area contributed by atoms with Gasteiger partial charge in [0.1, 0.15) is 0 Å². The summed E-state index contributed by atoms with van der Waals surface area (Å²) >= 11 is 0. The van der Waals surface area contributed by atoms with Crippen molar-refractivity contribution in [2.75, 3.05) is 0 Å². The van der Waals surface area contributed by atoms with Crippen molar-refractivity contribution in [2.24, 2.45) is 9.98 Å². The van der Waals surface area contributed by atoms with Crippen LogP contribution in [0.5, 0.6) is 0 Å². The molecule has 10 rings (SSSR count). The largest absolute Gasteiger partial charge is 0.264 e. The van der Waals surface area contributed by atoms with Crippen molar-refractivity contribution in [3.8, 4) is 66.8 Å². The van der Waals surface area contributed by atoms with Gasteiger partial charge in [-0.3, -0.25) is 4.99 Å². The van der Waals surface area contributed by atoms with E-state index >= 15 is 0 Å². The summed E-state index contributed by atoms with van der Waals surface area (Å²) in [6.07, 6.45) is 12.3. The molecule has 0 unspecified atom stereocenters. The van der Waals surface area contributed by atoms with Crippen molar-refractivity contribution in [1.29, 1.82) is 0 Å².